The molecule has 3 saturated heterocycles. The van der Waals surface area contributed by atoms with E-state index in [-0.39, 0.29) is 29.1 Å². The van der Waals surface area contributed by atoms with Gasteiger partial charge >= 0.3 is 5.97 Å². The van der Waals surface area contributed by atoms with Gasteiger partial charge in [-0.3, -0.25) is 9.69 Å². The second kappa shape index (κ2) is 3.65. The molecule has 3 aliphatic heterocycles. The second-order valence-corrected chi connectivity index (χ2v) is 8.36. The van der Waals surface area contributed by atoms with Crippen LogP contribution in [0.4, 0.5) is 0 Å². The molecule has 0 aromatic carbocycles. The Hall–Kier alpha value is -0.610. The quantitative estimate of drug-likeness (QED) is 0.692. The molecule has 0 amide bonds. The van der Waals surface area contributed by atoms with Crippen molar-refractivity contribution in [3.8, 4) is 0 Å². The lowest BCUT2D eigenvalue weighted by Gasteiger charge is -2.55. The van der Waals surface area contributed by atoms with Crippen molar-refractivity contribution in [2.24, 2.45) is 35.0 Å². The molecule has 3 heterocycles. The Labute approximate surface area is 126 Å². The summed E-state index contributed by atoms with van der Waals surface area (Å²) in [5.41, 5.74) is -0.215. The van der Waals surface area contributed by atoms with Crippen LogP contribution in [0, 0.1) is 35.0 Å². The minimum Gasteiger partial charge on any atom is -0.457 e. The predicted molar refractivity (Wildman–Crippen MR) is 76.3 cm³/mol. The summed E-state index contributed by atoms with van der Waals surface area (Å²) in [6, 6.07) is 0. The minimum atomic E-state index is -0.323. The normalized spacial score (nSPS) is 57.7. The maximum Gasteiger partial charge on any atom is 0.310 e. The van der Waals surface area contributed by atoms with Crippen LogP contribution in [-0.2, 0) is 14.3 Å². The summed E-state index contributed by atoms with van der Waals surface area (Å²) in [6.45, 7) is 9.82. The summed E-state index contributed by atoms with van der Waals surface area (Å²) < 4.78 is 12.4. The Morgan fingerprint density at radius 2 is 2.14 bits per heavy atom. The molecule has 5 aliphatic rings. The van der Waals surface area contributed by atoms with E-state index in [1.54, 1.807) is 0 Å². The first-order chi connectivity index (χ1) is 10.0. The molecule has 0 radical (unpaired) electrons. The van der Waals surface area contributed by atoms with Gasteiger partial charge in [-0.05, 0) is 30.6 Å². The molecule has 2 saturated carbocycles. The van der Waals surface area contributed by atoms with Crippen LogP contribution in [0.25, 0.3) is 0 Å². The first-order valence-corrected chi connectivity index (χ1v) is 8.61. The van der Waals surface area contributed by atoms with E-state index in [1.165, 1.54) is 12.8 Å². The molecule has 5 rings (SSSR count). The predicted octanol–water partition coefficient (Wildman–Crippen LogP) is 1.89. The summed E-state index contributed by atoms with van der Waals surface area (Å²) in [5.74, 6) is 2.09. The van der Waals surface area contributed by atoms with Crippen molar-refractivity contribution in [1.29, 1.82) is 0 Å². The molecule has 4 heteroatoms. The molecule has 21 heavy (non-hydrogen) atoms. The van der Waals surface area contributed by atoms with Crippen molar-refractivity contribution in [3.63, 3.8) is 0 Å². The van der Waals surface area contributed by atoms with E-state index in [1.807, 2.05) is 0 Å². The average molecular weight is 291 g/mol. The number of nitrogens with zero attached hydrogens (tertiary/aromatic N) is 1. The lowest BCUT2D eigenvalue weighted by molar-refractivity contribution is -0.240. The molecule has 5 fully saturated rings. The van der Waals surface area contributed by atoms with Crippen LogP contribution in [0.5, 0.6) is 0 Å². The van der Waals surface area contributed by atoms with Crippen LogP contribution in [0.1, 0.15) is 33.6 Å². The van der Waals surface area contributed by atoms with Crippen LogP contribution < -0.4 is 0 Å². The zero-order valence-corrected chi connectivity index (χ0v) is 13.2. The second-order valence-electron chi connectivity index (χ2n) is 8.36. The number of ether oxygens (including phenoxy) is 2. The van der Waals surface area contributed by atoms with Gasteiger partial charge in [0.15, 0.2) is 5.72 Å². The number of carbonyl (C=O) groups is 1. The van der Waals surface area contributed by atoms with E-state index in [9.17, 15) is 4.79 Å². The third kappa shape index (κ3) is 1.12. The highest BCUT2D eigenvalue weighted by molar-refractivity contribution is 5.77. The fourth-order valence-corrected chi connectivity index (χ4v) is 6.97. The van der Waals surface area contributed by atoms with Gasteiger partial charge in [-0.2, -0.15) is 0 Å². The van der Waals surface area contributed by atoms with E-state index >= 15 is 0 Å². The highest BCUT2D eigenvalue weighted by Crippen LogP contribution is 2.72. The van der Waals surface area contributed by atoms with E-state index in [0.717, 1.165) is 19.7 Å². The Bertz CT molecular complexity index is 520. The Morgan fingerprint density at radius 1 is 1.33 bits per heavy atom. The van der Waals surface area contributed by atoms with Crippen molar-refractivity contribution >= 4 is 5.97 Å². The number of hydrogen-bond donors (Lipinski definition) is 0. The molecular formula is C17H25NO3. The monoisotopic (exact) mass is 291 g/mol. The van der Waals surface area contributed by atoms with Crippen molar-refractivity contribution < 1.29 is 14.3 Å². The largest absolute Gasteiger partial charge is 0.457 e. The van der Waals surface area contributed by atoms with Gasteiger partial charge in [0.1, 0.15) is 6.10 Å². The van der Waals surface area contributed by atoms with E-state index in [4.69, 9.17) is 9.47 Å². The molecule has 0 aromatic rings. The van der Waals surface area contributed by atoms with Crippen molar-refractivity contribution in [3.05, 3.63) is 0 Å². The van der Waals surface area contributed by atoms with Crippen molar-refractivity contribution in [2.75, 3.05) is 19.7 Å². The Balaban J connectivity index is 1.75. The van der Waals surface area contributed by atoms with Crippen LogP contribution in [0.15, 0.2) is 0 Å². The van der Waals surface area contributed by atoms with Crippen LogP contribution in [-0.4, -0.2) is 42.4 Å². The van der Waals surface area contributed by atoms with Gasteiger partial charge in [-0.25, -0.2) is 0 Å². The lowest BCUT2D eigenvalue weighted by atomic mass is 9.53. The molecule has 2 bridgehead atoms. The maximum atomic E-state index is 12.6. The number of carbonyl (C=O) groups excluding carboxylic acids is 1. The molecule has 0 unspecified atom stereocenters. The highest BCUT2D eigenvalue weighted by Gasteiger charge is 2.81. The fourth-order valence-electron chi connectivity index (χ4n) is 6.97. The fraction of sp³-hybridized carbons (Fsp3) is 0.941. The standard InChI is InChI=1S/C17H25NO3/c1-9(2)12-13-11-5-4-10-8-18-6-7-20-17(18,16(10,11)3)14(12)21-15(13)19/h9-14H,4-8H2,1-3H3/t10-,11+,12+,13-,14-,16+,17+/m1/s1. The number of rotatable bonds is 1. The third-order valence-electron chi connectivity index (χ3n) is 7.68. The maximum absolute atomic E-state index is 12.6. The van der Waals surface area contributed by atoms with Crippen LogP contribution in [0.3, 0.4) is 0 Å². The molecular weight excluding hydrogens is 266 g/mol. The molecule has 7 atom stereocenters. The van der Waals surface area contributed by atoms with Gasteiger partial charge in [0.2, 0.25) is 0 Å². The highest BCUT2D eigenvalue weighted by atomic mass is 16.6. The SMILES string of the molecule is CC(C)[C@H]1[C@@H]2C(=O)O[C@H]1[C@@]13OCCN1C[C@H]1CC[C@@H]2[C@]13C. The Morgan fingerprint density at radius 3 is 2.90 bits per heavy atom. The number of esters is 1. The average Bonchev–Trinajstić information content (AvgIpc) is 3.09. The molecule has 4 nitrogen and oxygen atoms in total. The summed E-state index contributed by atoms with van der Waals surface area (Å²) >= 11 is 0. The van der Waals surface area contributed by atoms with Gasteiger partial charge in [0.05, 0.1) is 12.5 Å². The topological polar surface area (TPSA) is 38.8 Å². The van der Waals surface area contributed by atoms with Crippen molar-refractivity contribution in [1.82, 2.24) is 4.90 Å². The summed E-state index contributed by atoms with van der Waals surface area (Å²) in [7, 11) is 0. The first kappa shape index (κ1) is 12.9. The molecule has 1 spiro atoms. The summed E-state index contributed by atoms with van der Waals surface area (Å²) in [5, 5.41) is 0. The van der Waals surface area contributed by atoms with Gasteiger partial charge < -0.3 is 9.47 Å². The molecule has 116 valence electrons. The van der Waals surface area contributed by atoms with E-state index < -0.39 is 0 Å². The first-order valence-electron chi connectivity index (χ1n) is 8.61. The van der Waals surface area contributed by atoms with Crippen LogP contribution in [0.2, 0.25) is 0 Å². The number of hydrogen-bond acceptors (Lipinski definition) is 4. The van der Waals surface area contributed by atoms with Gasteiger partial charge in [0, 0.05) is 24.4 Å². The van der Waals surface area contributed by atoms with Gasteiger partial charge in [0.25, 0.3) is 0 Å². The molecule has 0 N–H and O–H groups in total. The smallest absolute Gasteiger partial charge is 0.310 e. The third-order valence-corrected chi connectivity index (χ3v) is 7.68. The van der Waals surface area contributed by atoms with Crippen molar-refractivity contribution in [2.45, 2.75) is 45.4 Å². The Kier molecular flexibility index (Phi) is 2.24. The van der Waals surface area contributed by atoms with Crippen LogP contribution >= 0.6 is 0 Å². The lowest BCUT2D eigenvalue weighted by Crippen LogP contribution is -2.66. The summed E-state index contributed by atoms with van der Waals surface area (Å²) in [6.07, 6.45) is 2.38. The summed E-state index contributed by atoms with van der Waals surface area (Å²) in [4.78, 5) is 15.1. The van der Waals surface area contributed by atoms with Gasteiger partial charge in [-0.15, -0.1) is 0 Å². The van der Waals surface area contributed by atoms with E-state index in [2.05, 4.69) is 25.7 Å². The zero-order valence-electron chi connectivity index (χ0n) is 13.2. The zero-order chi connectivity index (χ0) is 14.6. The van der Waals surface area contributed by atoms with E-state index in [0.29, 0.717) is 23.7 Å². The molecule has 0 aromatic heterocycles. The number of fused-ring (bicyclic) bond motifs is 3. The van der Waals surface area contributed by atoms with Gasteiger partial charge in [-0.1, -0.05) is 20.8 Å². The molecule has 2 aliphatic carbocycles. The minimum absolute atomic E-state index is 0.0538.